The van der Waals surface area contributed by atoms with E-state index >= 15 is 0 Å². The first-order valence-corrected chi connectivity index (χ1v) is 11.5. The highest BCUT2D eigenvalue weighted by Crippen LogP contribution is 2.48. The van der Waals surface area contributed by atoms with Crippen LogP contribution in [0.25, 0.3) is 0 Å². The number of piperidine rings is 1. The first-order valence-electron chi connectivity index (χ1n) is 11.2. The van der Waals surface area contributed by atoms with Gasteiger partial charge in [-0.3, -0.25) is 14.6 Å². The standard InChI is InChI=1S/C24H24ClF2N3O3/c1-2-12-3-4-28-19(5-12)24(32)30-20-6-13(20)7-21(30)23(31)29-22(14-10-33-11-14)15-8-18(27)16(25)9-17(15)26/h3-5,8-9,13-14,20-22H,2,6-7,10-11H2,1H3,(H,29,31)/t13-,20-,21-,22-/m1/s1. The number of likely N-dealkylation sites (tertiary alicyclic amines) is 1. The Morgan fingerprint density at radius 3 is 2.73 bits per heavy atom. The van der Waals surface area contributed by atoms with E-state index in [-0.39, 0.29) is 40.3 Å². The lowest BCUT2D eigenvalue weighted by atomic mass is 9.90. The number of halogens is 3. The fourth-order valence-corrected chi connectivity index (χ4v) is 5.00. The van der Waals surface area contributed by atoms with Gasteiger partial charge in [0.05, 0.1) is 24.3 Å². The van der Waals surface area contributed by atoms with E-state index in [0.29, 0.717) is 25.3 Å². The minimum Gasteiger partial charge on any atom is -0.381 e. The van der Waals surface area contributed by atoms with Crippen LogP contribution in [0.4, 0.5) is 8.78 Å². The van der Waals surface area contributed by atoms with Crippen LogP contribution in [-0.2, 0) is 16.0 Å². The van der Waals surface area contributed by atoms with Crippen LogP contribution in [0.3, 0.4) is 0 Å². The van der Waals surface area contributed by atoms with Crippen molar-refractivity contribution in [3.8, 4) is 0 Å². The molecule has 2 aliphatic heterocycles. The number of ether oxygens (including phenoxy) is 1. The highest BCUT2D eigenvalue weighted by Gasteiger charge is 2.56. The Morgan fingerprint density at radius 2 is 2.03 bits per heavy atom. The second-order valence-corrected chi connectivity index (χ2v) is 9.41. The molecule has 0 bridgehead atoms. The molecule has 3 heterocycles. The lowest BCUT2D eigenvalue weighted by Gasteiger charge is -2.36. The highest BCUT2D eigenvalue weighted by atomic mass is 35.5. The molecule has 2 saturated heterocycles. The van der Waals surface area contributed by atoms with E-state index in [0.717, 1.165) is 30.5 Å². The number of hydrogen-bond acceptors (Lipinski definition) is 4. The van der Waals surface area contributed by atoms with Gasteiger partial charge in [-0.1, -0.05) is 18.5 Å². The minimum absolute atomic E-state index is 0.00975. The summed E-state index contributed by atoms with van der Waals surface area (Å²) in [7, 11) is 0. The van der Waals surface area contributed by atoms with Gasteiger partial charge >= 0.3 is 0 Å². The van der Waals surface area contributed by atoms with Crippen LogP contribution in [0, 0.1) is 23.5 Å². The van der Waals surface area contributed by atoms with Crippen molar-refractivity contribution in [2.75, 3.05) is 13.2 Å². The maximum Gasteiger partial charge on any atom is 0.273 e. The van der Waals surface area contributed by atoms with Crippen molar-refractivity contribution in [1.82, 2.24) is 15.2 Å². The monoisotopic (exact) mass is 475 g/mol. The zero-order valence-electron chi connectivity index (χ0n) is 18.1. The molecule has 33 heavy (non-hydrogen) atoms. The van der Waals surface area contributed by atoms with E-state index in [9.17, 15) is 18.4 Å². The first kappa shape index (κ1) is 22.2. The van der Waals surface area contributed by atoms with Crippen molar-refractivity contribution >= 4 is 23.4 Å². The maximum absolute atomic E-state index is 14.7. The van der Waals surface area contributed by atoms with Crippen molar-refractivity contribution in [1.29, 1.82) is 0 Å². The number of amides is 2. The molecule has 9 heteroatoms. The molecule has 1 aliphatic carbocycles. The predicted octanol–water partition coefficient (Wildman–Crippen LogP) is 3.68. The quantitative estimate of drug-likeness (QED) is 0.647. The van der Waals surface area contributed by atoms with Crippen LogP contribution >= 0.6 is 11.6 Å². The van der Waals surface area contributed by atoms with Gasteiger partial charge in [0.25, 0.3) is 5.91 Å². The summed E-state index contributed by atoms with van der Waals surface area (Å²) in [4.78, 5) is 32.5. The molecule has 6 nitrogen and oxygen atoms in total. The Bertz CT molecular complexity index is 1110. The van der Waals surface area contributed by atoms with Crippen LogP contribution in [0.1, 0.15) is 47.4 Å². The summed E-state index contributed by atoms with van der Waals surface area (Å²) in [6.45, 7) is 2.64. The lowest BCUT2D eigenvalue weighted by molar-refractivity contribution is -0.128. The number of aromatic nitrogens is 1. The van der Waals surface area contributed by atoms with Crippen LogP contribution in [0.15, 0.2) is 30.5 Å². The normalized spacial score (nSPS) is 24.7. The third-order valence-corrected chi connectivity index (χ3v) is 7.19. The van der Waals surface area contributed by atoms with E-state index < -0.39 is 23.7 Å². The molecular weight excluding hydrogens is 452 g/mol. The molecule has 4 atom stereocenters. The second-order valence-electron chi connectivity index (χ2n) is 9.00. The van der Waals surface area contributed by atoms with E-state index in [1.807, 2.05) is 13.0 Å². The fourth-order valence-electron chi connectivity index (χ4n) is 4.85. The number of hydrogen-bond donors (Lipinski definition) is 1. The largest absolute Gasteiger partial charge is 0.381 e. The summed E-state index contributed by atoms with van der Waals surface area (Å²) in [6.07, 6.45) is 3.78. The zero-order chi connectivity index (χ0) is 23.3. The Labute approximate surface area is 195 Å². The maximum atomic E-state index is 14.7. The Hall–Kier alpha value is -2.58. The van der Waals surface area contributed by atoms with Crippen LogP contribution in [0.2, 0.25) is 5.02 Å². The molecule has 1 aromatic carbocycles. The smallest absolute Gasteiger partial charge is 0.273 e. The number of carbonyl (C=O) groups is 2. The van der Waals surface area contributed by atoms with Crippen molar-refractivity contribution < 1.29 is 23.1 Å². The lowest BCUT2D eigenvalue weighted by Crippen LogP contribution is -2.51. The van der Waals surface area contributed by atoms with Gasteiger partial charge in [0.15, 0.2) is 0 Å². The van der Waals surface area contributed by atoms with Gasteiger partial charge in [0, 0.05) is 23.7 Å². The van der Waals surface area contributed by atoms with Crippen molar-refractivity contribution in [2.45, 2.75) is 44.3 Å². The zero-order valence-corrected chi connectivity index (χ0v) is 18.8. The van der Waals surface area contributed by atoms with Gasteiger partial charge in [0.1, 0.15) is 23.4 Å². The molecule has 0 spiro atoms. The molecule has 2 aromatic rings. The third-order valence-electron chi connectivity index (χ3n) is 6.90. The van der Waals surface area contributed by atoms with Gasteiger partial charge in [-0.15, -0.1) is 0 Å². The Kier molecular flexibility index (Phi) is 5.82. The first-order chi connectivity index (χ1) is 15.9. The summed E-state index contributed by atoms with van der Waals surface area (Å²) in [6, 6.07) is 4.10. The topological polar surface area (TPSA) is 71.5 Å². The molecule has 0 unspecified atom stereocenters. The molecule has 1 saturated carbocycles. The highest BCUT2D eigenvalue weighted by molar-refractivity contribution is 6.30. The second kappa shape index (κ2) is 8.65. The van der Waals surface area contributed by atoms with Crippen molar-refractivity contribution in [2.24, 2.45) is 11.8 Å². The Balaban J connectivity index is 1.39. The molecule has 3 aliphatic rings. The molecule has 5 rings (SSSR count). The van der Waals surface area contributed by atoms with Crippen LogP contribution in [-0.4, -0.2) is 47.0 Å². The predicted molar refractivity (Wildman–Crippen MR) is 117 cm³/mol. The molecule has 1 aromatic heterocycles. The summed E-state index contributed by atoms with van der Waals surface area (Å²) >= 11 is 5.70. The molecule has 3 fully saturated rings. The van der Waals surface area contributed by atoms with E-state index in [2.05, 4.69) is 10.3 Å². The number of pyridine rings is 1. The van der Waals surface area contributed by atoms with E-state index in [1.165, 1.54) is 0 Å². The number of fused-ring (bicyclic) bond motifs is 1. The summed E-state index contributed by atoms with van der Waals surface area (Å²) in [5.74, 6) is -2.03. The van der Waals surface area contributed by atoms with Crippen LogP contribution < -0.4 is 5.32 Å². The SMILES string of the molecule is CCc1ccnc(C(=O)N2[C@@H](C(=O)N[C@@H](c3cc(F)c(Cl)cc3F)C3COC3)C[C@H]3C[C@H]32)c1. The van der Waals surface area contributed by atoms with E-state index in [4.69, 9.17) is 16.3 Å². The number of aryl methyl sites for hydroxylation is 1. The van der Waals surface area contributed by atoms with Gasteiger partial charge in [-0.25, -0.2) is 8.78 Å². The number of benzene rings is 1. The molecule has 0 radical (unpaired) electrons. The average Bonchev–Trinajstić information content (AvgIpc) is 3.43. The molecule has 174 valence electrons. The third kappa shape index (κ3) is 4.10. The number of nitrogens with zero attached hydrogens (tertiary/aromatic N) is 2. The number of carbonyl (C=O) groups excluding carboxylic acids is 2. The van der Waals surface area contributed by atoms with Gasteiger partial charge in [-0.2, -0.15) is 0 Å². The minimum atomic E-state index is -0.784. The molecule has 2 amide bonds. The number of nitrogens with one attached hydrogen (secondary N) is 1. The van der Waals surface area contributed by atoms with Crippen molar-refractivity contribution in [3.05, 3.63) is 63.9 Å². The average molecular weight is 476 g/mol. The molecule has 1 N–H and O–H groups in total. The van der Waals surface area contributed by atoms with Gasteiger partial charge in [0.2, 0.25) is 5.91 Å². The fraction of sp³-hybridized carbons (Fsp3) is 0.458. The molecular formula is C24H24ClF2N3O3. The summed E-state index contributed by atoms with van der Waals surface area (Å²) in [5, 5.41) is 2.56. The van der Waals surface area contributed by atoms with E-state index in [1.54, 1.807) is 17.2 Å². The summed E-state index contributed by atoms with van der Waals surface area (Å²) in [5.41, 5.74) is 1.33. The van der Waals surface area contributed by atoms with Crippen LogP contribution in [0.5, 0.6) is 0 Å². The van der Waals surface area contributed by atoms with Crippen molar-refractivity contribution in [3.63, 3.8) is 0 Å². The van der Waals surface area contributed by atoms with Gasteiger partial charge in [-0.05, 0) is 55.0 Å². The number of rotatable bonds is 6. The van der Waals surface area contributed by atoms with Gasteiger partial charge < -0.3 is 15.0 Å². The Morgan fingerprint density at radius 1 is 1.24 bits per heavy atom. The summed E-state index contributed by atoms with van der Waals surface area (Å²) < 4.78 is 34.0.